The second-order valence-corrected chi connectivity index (χ2v) is 7.58. The van der Waals surface area contributed by atoms with Crippen molar-refractivity contribution in [3.63, 3.8) is 0 Å². The molecule has 0 radical (unpaired) electrons. The van der Waals surface area contributed by atoms with Gasteiger partial charge >= 0.3 is 5.97 Å². The topological polar surface area (TPSA) is 75.7 Å². The Bertz CT molecular complexity index is 967. The van der Waals surface area contributed by atoms with Crippen molar-refractivity contribution in [3.8, 4) is 0 Å². The minimum Gasteiger partial charge on any atom is -0.455 e. The summed E-state index contributed by atoms with van der Waals surface area (Å²) < 4.78 is 5.18. The van der Waals surface area contributed by atoms with Crippen molar-refractivity contribution in [1.82, 2.24) is 0 Å². The molecule has 0 bridgehead atoms. The van der Waals surface area contributed by atoms with Crippen LogP contribution in [-0.4, -0.2) is 30.9 Å². The van der Waals surface area contributed by atoms with Crippen LogP contribution in [-0.2, 0) is 19.1 Å². The molecule has 1 atom stereocenters. The molecule has 1 aliphatic heterocycles. The molecule has 6 heteroatoms. The molecule has 3 rings (SSSR count). The summed E-state index contributed by atoms with van der Waals surface area (Å²) in [4.78, 5) is 38.5. The zero-order chi connectivity index (χ0) is 21.1. The number of nitrogens with zero attached hydrogens (tertiary/aromatic N) is 1. The fourth-order valence-electron chi connectivity index (χ4n) is 3.34. The molecule has 1 fully saturated rings. The summed E-state index contributed by atoms with van der Waals surface area (Å²) in [5.41, 5.74) is 5.74. The maximum atomic E-state index is 12.4. The Morgan fingerprint density at radius 1 is 1.07 bits per heavy atom. The molecule has 2 aromatic rings. The summed E-state index contributed by atoms with van der Waals surface area (Å²) in [5.74, 6) is -1.61. The first-order valence-corrected chi connectivity index (χ1v) is 9.66. The van der Waals surface area contributed by atoms with E-state index in [2.05, 4.69) is 5.32 Å². The van der Waals surface area contributed by atoms with E-state index in [0.717, 1.165) is 27.9 Å². The predicted molar refractivity (Wildman–Crippen MR) is 112 cm³/mol. The first-order chi connectivity index (χ1) is 13.8. The summed E-state index contributed by atoms with van der Waals surface area (Å²) in [6.07, 6.45) is 0.0877. The van der Waals surface area contributed by atoms with Crippen LogP contribution in [0, 0.1) is 33.6 Å². The van der Waals surface area contributed by atoms with Gasteiger partial charge in [0.1, 0.15) is 0 Å². The third-order valence-electron chi connectivity index (χ3n) is 5.48. The van der Waals surface area contributed by atoms with Crippen LogP contribution in [0.2, 0.25) is 0 Å². The standard InChI is InChI=1S/C23H26N2O4/c1-14-8-9-19(10-16(14)3)25-12-18(11-22(25)27)23(28)29-13-21(26)24-20-7-5-6-15(2)17(20)4/h5-10,18H,11-13H2,1-4H3,(H,24,26)/t18-/m0/s1. The second kappa shape index (κ2) is 8.47. The zero-order valence-corrected chi connectivity index (χ0v) is 17.2. The summed E-state index contributed by atoms with van der Waals surface area (Å²) in [6, 6.07) is 11.4. The monoisotopic (exact) mass is 394 g/mol. The van der Waals surface area contributed by atoms with E-state index in [-0.39, 0.29) is 25.5 Å². The van der Waals surface area contributed by atoms with Crippen molar-refractivity contribution in [3.05, 3.63) is 58.7 Å². The van der Waals surface area contributed by atoms with E-state index >= 15 is 0 Å². The lowest BCUT2D eigenvalue weighted by molar-refractivity contribution is -0.151. The van der Waals surface area contributed by atoms with E-state index in [1.54, 1.807) is 11.0 Å². The van der Waals surface area contributed by atoms with Crippen LogP contribution < -0.4 is 10.2 Å². The van der Waals surface area contributed by atoms with E-state index in [0.29, 0.717) is 5.69 Å². The zero-order valence-electron chi connectivity index (χ0n) is 17.2. The van der Waals surface area contributed by atoms with E-state index in [9.17, 15) is 14.4 Å². The highest BCUT2D eigenvalue weighted by Crippen LogP contribution is 2.27. The average molecular weight is 394 g/mol. The van der Waals surface area contributed by atoms with Gasteiger partial charge in [-0.05, 0) is 68.1 Å². The molecule has 1 heterocycles. The normalized spacial score (nSPS) is 16.1. The number of esters is 1. The lowest BCUT2D eigenvalue weighted by Crippen LogP contribution is -2.28. The molecule has 29 heavy (non-hydrogen) atoms. The Hall–Kier alpha value is -3.15. The Labute approximate surface area is 170 Å². The van der Waals surface area contributed by atoms with E-state index < -0.39 is 17.8 Å². The van der Waals surface area contributed by atoms with Crippen LogP contribution in [0.15, 0.2) is 36.4 Å². The van der Waals surface area contributed by atoms with Gasteiger partial charge in [-0.15, -0.1) is 0 Å². The molecule has 1 aliphatic rings. The number of aryl methyl sites for hydroxylation is 3. The van der Waals surface area contributed by atoms with Crippen LogP contribution in [0.4, 0.5) is 11.4 Å². The van der Waals surface area contributed by atoms with Crippen LogP contribution in [0.3, 0.4) is 0 Å². The van der Waals surface area contributed by atoms with Gasteiger partial charge in [-0.25, -0.2) is 0 Å². The Kier molecular flexibility index (Phi) is 6.01. The Morgan fingerprint density at radius 3 is 2.55 bits per heavy atom. The molecule has 0 saturated carbocycles. The number of benzene rings is 2. The second-order valence-electron chi connectivity index (χ2n) is 7.58. The maximum absolute atomic E-state index is 12.4. The summed E-state index contributed by atoms with van der Waals surface area (Å²) in [6.45, 7) is 7.76. The molecular formula is C23H26N2O4. The van der Waals surface area contributed by atoms with Crippen LogP contribution >= 0.6 is 0 Å². The highest BCUT2D eigenvalue weighted by atomic mass is 16.5. The molecule has 0 aliphatic carbocycles. The van der Waals surface area contributed by atoms with Gasteiger partial charge in [0.25, 0.3) is 5.91 Å². The van der Waals surface area contributed by atoms with Gasteiger partial charge < -0.3 is 15.0 Å². The minimum absolute atomic E-state index is 0.0877. The van der Waals surface area contributed by atoms with E-state index in [1.165, 1.54) is 0 Å². The number of carbonyl (C=O) groups is 3. The molecular weight excluding hydrogens is 368 g/mol. The summed E-state index contributed by atoms with van der Waals surface area (Å²) in [5, 5.41) is 2.76. The van der Waals surface area contributed by atoms with Gasteiger partial charge in [0.2, 0.25) is 5.91 Å². The number of hydrogen-bond acceptors (Lipinski definition) is 4. The first-order valence-electron chi connectivity index (χ1n) is 9.66. The SMILES string of the molecule is Cc1ccc(N2C[C@@H](C(=O)OCC(=O)Nc3cccc(C)c3C)CC2=O)cc1C. The number of anilines is 2. The molecule has 0 aromatic heterocycles. The molecule has 2 aromatic carbocycles. The van der Waals surface area contributed by atoms with Gasteiger partial charge in [0.15, 0.2) is 6.61 Å². The fourth-order valence-corrected chi connectivity index (χ4v) is 3.34. The number of hydrogen-bond donors (Lipinski definition) is 1. The van der Waals surface area contributed by atoms with Crippen molar-refractivity contribution < 1.29 is 19.1 Å². The van der Waals surface area contributed by atoms with Crippen molar-refractivity contribution >= 4 is 29.2 Å². The summed E-state index contributed by atoms with van der Waals surface area (Å²) in [7, 11) is 0. The molecule has 2 amide bonds. The van der Waals surface area contributed by atoms with Crippen LogP contribution in [0.25, 0.3) is 0 Å². The molecule has 152 valence electrons. The first kappa shape index (κ1) is 20.6. The van der Waals surface area contributed by atoms with Gasteiger partial charge in [0, 0.05) is 24.3 Å². The molecule has 0 unspecified atom stereocenters. The molecule has 1 saturated heterocycles. The van der Waals surface area contributed by atoms with Crippen molar-refractivity contribution in [2.75, 3.05) is 23.4 Å². The molecule has 1 N–H and O–H groups in total. The number of amides is 2. The minimum atomic E-state index is -0.572. The van der Waals surface area contributed by atoms with E-state index in [4.69, 9.17) is 4.74 Å². The lowest BCUT2D eigenvalue weighted by Gasteiger charge is -2.18. The number of nitrogens with one attached hydrogen (secondary N) is 1. The van der Waals surface area contributed by atoms with Crippen LogP contribution in [0.5, 0.6) is 0 Å². The molecule has 6 nitrogen and oxygen atoms in total. The number of ether oxygens (including phenoxy) is 1. The molecule has 0 spiro atoms. The summed E-state index contributed by atoms with van der Waals surface area (Å²) >= 11 is 0. The largest absolute Gasteiger partial charge is 0.455 e. The lowest BCUT2D eigenvalue weighted by atomic mass is 10.1. The van der Waals surface area contributed by atoms with Gasteiger partial charge in [0.05, 0.1) is 5.92 Å². The number of carbonyl (C=O) groups excluding carboxylic acids is 3. The van der Waals surface area contributed by atoms with Crippen molar-refractivity contribution in [1.29, 1.82) is 0 Å². The van der Waals surface area contributed by atoms with Crippen LogP contribution in [0.1, 0.15) is 28.7 Å². The van der Waals surface area contributed by atoms with Crippen molar-refractivity contribution in [2.45, 2.75) is 34.1 Å². The van der Waals surface area contributed by atoms with Gasteiger partial charge in [-0.3, -0.25) is 14.4 Å². The Morgan fingerprint density at radius 2 is 1.83 bits per heavy atom. The highest BCUT2D eigenvalue weighted by molar-refractivity contribution is 6.00. The van der Waals surface area contributed by atoms with Gasteiger partial charge in [-0.2, -0.15) is 0 Å². The van der Waals surface area contributed by atoms with Crippen molar-refractivity contribution in [2.24, 2.45) is 5.92 Å². The van der Waals surface area contributed by atoms with Gasteiger partial charge in [-0.1, -0.05) is 18.2 Å². The maximum Gasteiger partial charge on any atom is 0.311 e. The highest BCUT2D eigenvalue weighted by Gasteiger charge is 2.36. The smallest absolute Gasteiger partial charge is 0.311 e. The fraction of sp³-hybridized carbons (Fsp3) is 0.348. The quantitative estimate of drug-likeness (QED) is 0.788. The average Bonchev–Trinajstić information content (AvgIpc) is 3.07. The third kappa shape index (κ3) is 4.65. The number of rotatable bonds is 5. The predicted octanol–water partition coefficient (Wildman–Crippen LogP) is 3.46. The van der Waals surface area contributed by atoms with E-state index in [1.807, 2.05) is 58.0 Å². The third-order valence-corrected chi connectivity index (χ3v) is 5.48. The Balaban J connectivity index is 1.56.